The minimum Gasteiger partial charge on any atom is -0.438 e. The van der Waals surface area contributed by atoms with Gasteiger partial charge in [-0.15, -0.1) is 0 Å². The lowest BCUT2D eigenvalue weighted by molar-refractivity contribution is -0.117. The molecule has 0 unspecified atom stereocenters. The van der Waals surface area contributed by atoms with Crippen LogP contribution in [0.5, 0.6) is 11.6 Å². The zero-order chi connectivity index (χ0) is 22.5. The summed E-state index contributed by atoms with van der Waals surface area (Å²) in [4.78, 5) is 30.4. The van der Waals surface area contributed by atoms with E-state index in [0.717, 1.165) is 32.1 Å². The molecule has 1 N–H and O–H groups in total. The van der Waals surface area contributed by atoms with Crippen LogP contribution in [0.4, 0.5) is 0 Å². The molecule has 3 aromatic rings. The van der Waals surface area contributed by atoms with E-state index in [0.29, 0.717) is 16.4 Å². The van der Waals surface area contributed by atoms with Crippen LogP contribution < -0.4 is 15.6 Å². The van der Waals surface area contributed by atoms with Gasteiger partial charge in [-0.05, 0) is 55.3 Å². The van der Waals surface area contributed by atoms with Crippen LogP contribution >= 0.6 is 11.6 Å². The number of hydrogen-bond donors (Lipinski definition) is 1. The van der Waals surface area contributed by atoms with E-state index in [4.69, 9.17) is 16.3 Å². The molecule has 0 spiro atoms. The quantitative estimate of drug-likeness (QED) is 0.458. The topological polar surface area (TPSA) is 96.5 Å². The van der Waals surface area contributed by atoms with Gasteiger partial charge in [-0.2, -0.15) is 10.2 Å². The zero-order valence-corrected chi connectivity index (χ0v) is 18.0. The van der Waals surface area contributed by atoms with Gasteiger partial charge in [0.05, 0.1) is 0 Å². The van der Waals surface area contributed by atoms with Gasteiger partial charge in [0.2, 0.25) is 5.88 Å². The predicted octanol–water partition coefficient (Wildman–Crippen LogP) is 4.50. The molecule has 0 saturated heterocycles. The van der Waals surface area contributed by atoms with E-state index in [-0.39, 0.29) is 23.1 Å². The Bertz CT molecular complexity index is 1270. The molecule has 0 aliphatic heterocycles. The molecule has 1 fully saturated rings. The van der Waals surface area contributed by atoms with Crippen molar-refractivity contribution in [2.75, 3.05) is 0 Å². The van der Waals surface area contributed by atoms with Crippen molar-refractivity contribution in [1.82, 2.24) is 14.7 Å². The number of amides is 1. The first-order valence-electron chi connectivity index (χ1n) is 10.4. The van der Waals surface area contributed by atoms with Crippen LogP contribution in [0, 0.1) is 11.3 Å². The molecular formula is C24H21ClN4O3. The maximum Gasteiger partial charge on any atom is 0.269 e. The number of rotatable bonds is 5. The lowest BCUT2D eigenvalue weighted by Gasteiger charge is -2.22. The summed E-state index contributed by atoms with van der Waals surface area (Å²) in [5.41, 5.74) is -0.230. The number of nitriles is 1. The maximum atomic E-state index is 13.2. The van der Waals surface area contributed by atoms with Gasteiger partial charge < -0.3 is 10.1 Å². The highest BCUT2D eigenvalue weighted by Gasteiger charge is 2.20. The molecule has 1 saturated carbocycles. The third-order valence-corrected chi connectivity index (χ3v) is 5.61. The Morgan fingerprint density at radius 3 is 2.66 bits per heavy atom. The van der Waals surface area contributed by atoms with Crippen LogP contribution in [-0.2, 0) is 4.79 Å². The molecule has 2 heterocycles. The monoisotopic (exact) mass is 448 g/mol. The van der Waals surface area contributed by atoms with Gasteiger partial charge in [-0.3, -0.25) is 14.0 Å². The molecule has 0 bridgehead atoms. The van der Waals surface area contributed by atoms with E-state index in [1.54, 1.807) is 48.7 Å². The molecule has 1 amide bonds. The molecule has 0 radical (unpaired) electrons. The fourth-order valence-corrected chi connectivity index (χ4v) is 3.83. The van der Waals surface area contributed by atoms with E-state index >= 15 is 0 Å². The van der Waals surface area contributed by atoms with Crippen LogP contribution in [0.3, 0.4) is 0 Å². The number of fused-ring (bicyclic) bond motifs is 1. The molecule has 1 aromatic carbocycles. The highest BCUT2D eigenvalue weighted by molar-refractivity contribution is 6.30. The van der Waals surface area contributed by atoms with Gasteiger partial charge in [0.1, 0.15) is 28.6 Å². The standard InChI is InChI=1S/C24H21ClN4O3/c25-17-9-11-19(12-10-17)32-23-20(24(31)29-13-5-4-8-21(29)28-23)14-16(15-26)22(30)27-18-6-2-1-3-7-18/h4-5,8-14,18H,1-3,6-7H2,(H,27,30). The number of nitrogens with one attached hydrogen (secondary N) is 1. The van der Waals surface area contributed by atoms with Crippen molar-refractivity contribution in [3.8, 4) is 17.7 Å². The van der Waals surface area contributed by atoms with Gasteiger partial charge in [0.15, 0.2) is 0 Å². The van der Waals surface area contributed by atoms with Crippen LogP contribution in [0.1, 0.15) is 37.7 Å². The summed E-state index contributed by atoms with van der Waals surface area (Å²) in [5.74, 6) is -0.0856. The molecule has 2 aromatic heterocycles. The van der Waals surface area contributed by atoms with Crippen LogP contribution in [0.15, 0.2) is 59.0 Å². The highest BCUT2D eigenvalue weighted by atomic mass is 35.5. The summed E-state index contributed by atoms with van der Waals surface area (Å²) in [7, 11) is 0. The first-order valence-corrected chi connectivity index (χ1v) is 10.8. The number of carbonyl (C=O) groups excluding carboxylic acids is 1. The number of pyridine rings is 1. The zero-order valence-electron chi connectivity index (χ0n) is 17.3. The largest absolute Gasteiger partial charge is 0.438 e. The Balaban J connectivity index is 1.75. The average molecular weight is 449 g/mol. The smallest absolute Gasteiger partial charge is 0.269 e. The van der Waals surface area contributed by atoms with Crippen molar-refractivity contribution in [2.45, 2.75) is 38.1 Å². The molecule has 7 nitrogen and oxygen atoms in total. The molecule has 4 rings (SSSR count). The third-order valence-electron chi connectivity index (χ3n) is 5.36. The Morgan fingerprint density at radius 1 is 1.19 bits per heavy atom. The third kappa shape index (κ3) is 4.82. The fourth-order valence-electron chi connectivity index (χ4n) is 3.70. The van der Waals surface area contributed by atoms with Crippen molar-refractivity contribution in [3.63, 3.8) is 0 Å². The highest BCUT2D eigenvalue weighted by Crippen LogP contribution is 2.25. The van der Waals surface area contributed by atoms with Crippen molar-refractivity contribution < 1.29 is 9.53 Å². The van der Waals surface area contributed by atoms with E-state index < -0.39 is 11.5 Å². The van der Waals surface area contributed by atoms with Crippen LogP contribution in [0.2, 0.25) is 5.02 Å². The fraction of sp³-hybridized carbons (Fsp3) is 0.250. The summed E-state index contributed by atoms with van der Waals surface area (Å²) in [6.07, 6.45) is 7.83. The summed E-state index contributed by atoms with van der Waals surface area (Å²) < 4.78 is 7.20. The van der Waals surface area contributed by atoms with Gasteiger partial charge >= 0.3 is 0 Å². The maximum absolute atomic E-state index is 13.2. The van der Waals surface area contributed by atoms with E-state index in [2.05, 4.69) is 10.3 Å². The first-order chi connectivity index (χ1) is 15.5. The van der Waals surface area contributed by atoms with Crippen LogP contribution in [-0.4, -0.2) is 21.3 Å². The molecule has 1 aliphatic rings. The predicted molar refractivity (Wildman–Crippen MR) is 122 cm³/mol. The number of nitrogens with zero attached hydrogens (tertiary/aromatic N) is 3. The molecule has 32 heavy (non-hydrogen) atoms. The summed E-state index contributed by atoms with van der Waals surface area (Å²) in [6.45, 7) is 0. The molecule has 1 aliphatic carbocycles. The van der Waals surface area contributed by atoms with Gasteiger partial charge in [0, 0.05) is 17.3 Å². The molecule has 0 atom stereocenters. The van der Waals surface area contributed by atoms with Gasteiger partial charge in [-0.25, -0.2) is 0 Å². The summed E-state index contributed by atoms with van der Waals surface area (Å²) in [5, 5.41) is 13.1. The van der Waals surface area contributed by atoms with Gasteiger partial charge in [0.25, 0.3) is 11.5 Å². The second-order valence-electron chi connectivity index (χ2n) is 7.60. The van der Waals surface area contributed by atoms with Crippen molar-refractivity contribution in [1.29, 1.82) is 5.26 Å². The second-order valence-corrected chi connectivity index (χ2v) is 8.04. The Kier molecular flexibility index (Phi) is 6.52. The Morgan fingerprint density at radius 2 is 1.94 bits per heavy atom. The molecule has 8 heteroatoms. The SMILES string of the molecule is N#CC(=Cc1c(Oc2ccc(Cl)cc2)nc2ccccn2c1=O)C(=O)NC1CCCCC1. The lowest BCUT2D eigenvalue weighted by Crippen LogP contribution is -2.36. The van der Waals surface area contributed by atoms with E-state index in [1.807, 2.05) is 6.07 Å². The number of halogens is 1. The Labute approximate surface area is 189 Å². The van der Waals surface area contributed by atoms with Crippen molar-refractivity contribution >= 4 is 29.2 Å². The van der Waals surface area contributed by atoms with Crippen LogP contribution in [0.25, 0.3) is 11.7 Å². The van der Waals surface area contributed by atoms with Crippen molar-refractivity contribution in [2.24, 2.45) is 0 Å². The number of benzene rings is 1. The van der Waals surface area contributed by atoms with E-state index in [9.17, 15) is 14.9 Å². The van der Waals surface area contributed by atoms with E-state index in [1.165, 1.54) is 10.5 Å². The summed E-state index contributed by atoms with van der Waals surface area (Å²) in [6, 6.07) is 13.7. The normalized spacial score (nSPS) is 14.7. The number of carbonyl (C=O) groups is 1. The van der Waals surface area contributed by atoms with Gasteiger partial charge in [-0.1, -0.05) is 36.9 Å². The minimum absolute atomic E-state index is 0.00161. The molecular weight excluding hydrogens is 428 g/mol. The lowest BCUT2D eigenvalue weighted by atomic mass is 9.95. The Hall–Kier alpha value is -3.63. The number of aromatic nitrogens is 2. The molecule has 162 valence electrons. The summed E-state index contributed by atoms with van der Waals surface area (Å²) >= 11 is 5.94. The number of hydrogen-bond acceptors (Lipinski definition) is 5. The van der Waals surface area contributed by atoms with Crippen molar-refractivity contribution in [3.05, 3.63) is 75.2 Å². The minimum atomic E-state index is -0.505. The number of ether oxygens (including phenoxy) is 1. The first kappa shape index (κ1) is 21.6. The average Bonchev–Trinajstić information content (AvgIpc) is 2.81. The second kappa shape index (κ2) is 9.67.